The summed E-state index contributed by atoms with van der Waals surface area (Å²) in [5, 5.41) is 14.8. The zero-order valence-corrected chi connectivity index (χ0v) is 14.7. The van der Waals surface area contributed by atoms with Crippen molar-refractivity contribution in [2.75, 3.05) is 52.6 Å². The van der Waals surface area contributed by atoms with Gasteiger partial charge in [0.25, 0.3) is 0 Å². The van der Waals surface area contributed by atoms with Gasteiger partial charge in [-0.1, -0.05) is 0 Å². The van der Waals surface area contributed by atoms with Crippen molar-refractivity contribution in [1.29, 1.82) is 10.8 Å². The Bertz CT molecular complexity index is 434. The zero-order chi connectivity index (χ0) is 17.9. The number of hydrogen-bond acceptors (Lipinski definition) is 4. The summed E-state index contributed by atoms with van der Waals surface area (Å²) in [5.74, 6) is -0.561. The fraction of sp³-hybridized carbons (Fsp3) is 0.667. The molecule has 25 heavy (non-hydrogen) atoms. The van der Waals surface area contributed by atoms with Crippen LogP contribution in [0.1, 0.15) is 0 Å². The maximum Gasteiger partial charge on any atom is 2.00 e. The smallest absolute Gasteiger partial charge is 0.454 e. The average Bonchev–Trinajstić information content (AvgIpc) is 2.56. The van der Waals surface area contributed by atoms with E-state index >= 15 is 0 Å². The number of hydrogen-bond donors (Lipinski definition) is 4. The maximum absolute atomic E-state index is 7.40. The third kappa shape index (κ3) is 9.72. The fourth-order valence-electron chi connectivity index (χ4n) is 1.92. The van der Waals surface area contributed by atoms with Crippen LogP contribution in [0.4, 0.5) is 0 Å². The summed E-state index contributed by atoms with van der Waals surface area (Å²) in [6.45, 7) is 5.02. The number of morpholine rings is 2. The van der Waals surface area contributed by atoms with Crippen LogP contribution in [0.3, 0.4) is 0 Å². The summed E-state index contributed by atoms with van der Waals surface area (Å²) in [4.78, 5) is 10.5. The van der Waals surface area contributed by atoms with Crippen molar-refractivity contribution < 1.29 is 26.5 Å². The minimum absolute atomic E-state index is 0. The third-order valence-corrected chi connectivity index (χ3v) is 3.07. The van der Waals surface area contributed by atoms with Gasteiger partial charge in [0, 0.05) is 38.1 Å². The van der Waals surface area contributed by atoms with Gasteiger partial charge in [-0.2, -0.15) is 0 Å². The molecule has 12 nitrogen and oxygen atoms in total. The Balaban J connectivity index is 0.000000443. The first-order valence-corrected chi connectivity index (χ1v) is 7.34. The Morgan fingerprint density at radius 3 is 1.28 bits per heavy atom. The van der Waals surface area contributed by atoms with Crippen molar-refractivity contribution in [3.05, 3.63) is 11.5 Å². The van der Waals surface area contributed by atoms with Gasteiger partial charge in [-0.05, 0) is 0 Å². The second kappa shape index (κ2) is 12.3. The van der Waals surface area contributed by atoms with Gasteiger partial charge in [-0.25, -0.2) is 0 Å². The number of nitrogens with two attached hydrogens (primary N) is 2. The van der Waals surface area contributed by atoms with Crippen LogP contribution in [0.5, 0.6) is 0 Å². The van der Waals surface area contributed by atoms with Crippen molar-refractivity contribution in [2.45, 2.75) is 0 Å². The van der Waals surface area contributed by atoms with Gasteiger partial charge < -0.3 is 52.2 Å². The predicted octanol–water partition coefficient (Wildman–Crippen LogP) is -0.762. The zero-order valence-electron chi connectivity index (χ0n) is 13.7. The van der Waals surface area contributed by atoms with Gasteiger partial charge in [0.1, 0.15) is 11.9 Å². The van der Waals surface area contributed by atoms with Crippen LogP contribution in [0, 0.1) is 10.8 Å². The molecule has 0 unspecified atom stereocenters. The van der Waals surface area contributed by atoms with Crippen molar-refractivity contribution in [1.82, 2.24) is 9.80 Å². The van der Waals surface area contributed by atoms with Gasteiger partial charge in [-0.15, -0.1) is 0 Å². The Morgan fingerprint density at radius 1 is 0.760 bits per heavy atom. The molecule has 2 aliphatic rings. The molecule has 2 aliphatic heterocycles. The first-order valence-electron chi connectivity index (χ1n) is 7.34. The summed E-state index contributed by atoms with van der Waals surface area (Å²) in [6.07, 6.45) is 0. The van der Waals surface area contributed by atoms with E-state index in [-0.39, 0.29) is 40.9 Å². The third-order valence-electron chi connectivity index (χ3n) is 3.07. The van der Waals surface area contributed by atoms with Crippen LogP contribution in [0.2, 0.25) is 0 Å². The summed E-state index contributed by atoms with van der Waals surface area (Å²) < 4.78 is 10.2. The number of rotatable bonds is 0. The molecule has 0 atom stereocenters. The number of ether oxygens (including phenoxy) is 2. The number of nitrogens with zero attached hydrogens (tertiary/aromatic N) is 4. The minimum Gasteiger partial charge on any atom is -0.454 e. The Morgan fingerprint density at radius 2 is 1.04 bits per heavy atom. The van der Waals surface area contributed by atoms with E-state index < -0.39 is 0 Å². The van der Waals surface area contributed by atoms with E-state index in [9.17, 15) is 0 Å². The second-order valence-corrected chi connectivity index (χ2v) is 4.84. The van der Waals surface area contributed by atoms with E-state index in [1.54, 1.807) is 9.80 Å². The van der Waals surface area contributed by atoms with Crippen molar-refractivity contribution in [3.8, 4) is 0 Å². The largest absolute Gasteiger partial charge is 2.00 e. The Labute approximate surface area is 157 Å². The van der Waals surface area contributed by atoms with Crippen molar-refractivity contribution in [3.63, 3.8) is 0 Å². The molecule has 2 rings (SSSR count). The fourth-order valence-corrected chi connectivity index (χ4v) is 1.92. The van der Waals surface area contributed by atoms with E-state index in [0.29, 0.717) is 52.6 Å². The van der Waals surface area contributed by atoms with E-state index in [0.717, 1.165) is 0 Å². The molecule has 2 saturated heterocycles. The van der Waals surface area contributed by atoms with Crippen LogP contribution in [-0.2, 0) is 26.5 Å². The second-order valence-electron chi connectivity index (χ2n) is 4.84. The molecular formula is C12H24CuN10O2. The van der Waals surface area contributed by atoms with Gasteiger partial charge in [0.2, 0.25) is 0 Å². The van der Waals surface area contributed by atoms with Gasteiger partial charge in [0.15, 0.2) is 0 Å². The van der Waals surface area contributed by atoms with E-state index in [4.69, 9.17) is 43.2 Å². The standard InChI is InChI=1S/2C6H12N5O.Cu/c2*7-5(8)10-6(9)11-1-3-12-4-2-11;/h2*1-4H2,(H4-,7,8,9,10);/q2*-1;+2. The molecule has 0 amide bonds. The molecule has 0 aromatic rings. The first-order chi connectivity index (χ1) is 11.4. The van der Waals surface area contributed by atoms with Crippen LogP contribution >= 0.6 is 0 Å². The van der Waals surface area contributed by atoms with Crippen LogP contribution in [-0.4, -0.2) is 86.2 Å². The van der Waals surface area contributed by atoms with Crippen molar-refractivity contribution in [2.24, 2.45) is 21.5 Å². The molecule has 2 fully saturated rings. The molecule has 145 valence electrons. The molecule has 0 saturated carbocycles. The van der Waals surface area contributed by atoms with E-state index in [1.165, 1.54) is 0 Å². The monoisotopic (exact) mass is 403 g/mol. The molecule has 8 N–H and O–H groups in total. The Kier molecular flexibility index (Phi) is 11.3. The minimum atomic E-state index is -0.327. The first kappa shape index (κ1) is 22.9. The molecule has 13 heteroatoms. The average molecular weight is 404 g/mol. The van der Waals surface area contributed by atoms with Gasteiger partial charge in [-0.3, -0.25) is 10.8 Å². The van der Waals surface area contributed by atoms with Gasteiger partial charge in [0.05, 0.1) is 26.4 Å². The van der Waals surface area contributed by atoms with Crippen LogP contribution < -0.4 is 11.5 Å². The Hall–Kier alpha value is -2.08. The van der Waals surface area contributed by atoms with Gasteiger partial charge >= 0.3 is 17.1 Å². The van der Waals surface area contributed by atoms with Crippen LogP contribution in [0.25, 0.3) is 11.5 Å². The molecular weight excluding hydrogens is 380 g/mol. The molecule has 0 aromatic carbocycles. The topological polar surface area (TPSA) is 197 Å². The molecule has 0 aromatic heterocycles. The number of nitrogens with one attached hydrogen (secondary N) is 4. The quantitative estimate of drug-likeness (QED) is 0.232. The molecule has 0 bridgehead atoms. The summed E-state index contributed by atoms with van der Waals surface area (Å²) in [7, 11) is 0. The maximum atomic E-state index is 7.40. The summed E-state index contributed by atoms with van der Waals surface area (Å²) in [5.41, 5.74) is 23.7. The van der Waals surface area contributed by atoms with E-state index in [1.807, 2.05) is 0 Å². The summed E-state index contributed by atoms with van der Waals surface area (Å²) in [6, 6.07) is 0. The molecule has 2 heterocycles. The van der Waals surface area contributed by atoms with Crippen molar-refractivity contribution >= 4 is 23.8 Å². The summed E-state index contributed by atoms with van der Waals surface area (Å²) >= 11 is 0. The molecule has 1 radical (unpaired) electrons. The molecule has 0 spiro atoms. The SMILES string of the molecule is N=C(/N=C(\[NH-])N)N1CCOCC1.N=C(/N=C(\[NH-])N)N1CCOCC1.[Cu+2]. The molecule has 0 aliphatic carbocycles. The number of guanidine groups is 4. The normalized spacial score (nSPS) is 18.6. The van der Waals surface area contributed by atoms with Crippen LogP contribution in [0.15, 0.2) is 9.98 Å². The van der Waals surface area contributed by atoms with E-state index in [2.05, 4.69) is 9.98 Å². The number of aliphatic imine (C=N–C) groups is 2. The predicted molar refractivity (Wildman–Crippen MR) is 92.1 cm³/mol.